The molecule has 2 aromatic carbocycles. The van der Waals surface area contributed by atoms with Crippen molar-refractivity contribution in [2.75, 3.05) is 13.4 Å². The number of aromatic hydroxyl groups is 1. The maximum atomic E-state index is 12.3. The number of benzene rings is 2. The van der Waals surface area contributed by atoms with Crippen LogP contribution in [0.15, 0.2) is 51.8 Å². The highest BCUT2D eigenvalue weighted by molar-refractivity contribution is 7.90. The van der Waals surface area contributed by atoms with Crippen LogP contribution in [0, 0.1) is 6.92 Å². The van der Waals surface area contributed by atoms with Crippen LogP contribution in [0.3, 0.4) is 0 Å². The highest BCUT2D eigenvalue weighted by Crippen LogP contribution is 2.31. The van der Waals surface area contributed by atoms with Crippen molar-refractivity contribution in [1.82, 2.24) is 10.3 Å². The Morgan fingerprint density at radius 1 is 1.21 bits per heavy atom. The van der Waals surface area contributed by atoms with E-state index < -0.39 is 9.84 Å². The summed E-state index contributed by atoms with van der Waals surface area (Å²) in [4.78, 5) is 16.8. The van der Waals surface area contributed by atoms with E-state index in [9.17, 15) is 18.3 Å². The Morgan fingerprint density at radius 3 is 2.48 bits per heavy atom. The van der Waals surface area contributed by atoms with Crippen LogP contribution in [0.25, 0.3) is 11.5 Å². The maximum absolute atomic E-state index is 12.3. The van der Waals surface area contributed by atoms with Gasteiger partial charge in [0.15, 0.2) is 21.3 Å². The second kappa shape index (κ2) is 7.96. The lowest BCUT2D eigenvalue weighted by atomic mass is 10.2. The van der Waals surface area contributed by atoms with Gasteiger partial charge < -0.3 is 19.6 Å². The van der Waals surface area contributed by atoms with Crippen molar-refractivity contribution in [3.63, 3.8) is 0 Å². The molecule has 29 heavy (non-hydrogen) atoms. The number of oxazole rings is 1. The number of amides is 1. The van der Waals surface area contributed by atoms with E-state index in [1.165, 1.54) is 37.4 Å². The molecule has 3 rings (SSSR count). The molecule has 0 aliphatic rings. The first-order valence-electron chi connectivity index (χ1n) is 8.61. The van der Waals surface area contributed by atoms with Crippen molar-refractivity contribution >= 4 is 15.7 Å². The highest BCUT2D eigenvalue weighted by Gasteiger charge is 2.15. The fourth-order valence-corrected chi connectivity index (χ4v) is 3.29. The number of hydrogen-bond donors (Lipinski definition) is 2. The SMILES string of the molecule is COc1ccc(-c2nc(CNC(=O)c3ccc(S(C)(=O)=O)cc3)c(C)o2)cc1O. The molecule has 8 nitrogen and oxygen atoms in total. The van der Waals surface area contributed by atoms with E-state index in [0.717, 1.165) is 6.26 Å². The minimum absolute atomic E-state index is 0.0340. The number of carbonyl (C=O) groups excluding carboxylic acids is 1. The number of phenols is 1. The van der Waals surface area contributed by atoms with Gasteiger partial charge in [-0.1, -0.05) is 0 Å². The van der Waals surface area contributed by atoms with E-state index in [1.807, 2.05) is 0 Å². The number of phenolic OH excluding ortho intramolecular Hbond substituents is 1. The summed E-state index contributed by atoms with van der Waals surface area (Å²) in [6.07, 6.45) is 1.11. The Kier molecular flexibility index (Phi) is 5.60. The molecule has 1 heterocycles. The second-order valence-corrected chi connectivity index (χ2v) is 8.40. The van der Waals surface area contributed by atoms with E-state index in [4.69, 9.17) is 9.15 Å². The van der Waals surface area contributed by atoms with E-state index in [-0.39, 0.29) is 23.1 Å². The zero-order valence-corrected chi connectivity index (χ0v) is 16.9. The van der Waals surface area contributed by atoms with Gasteiger partial charge in [-0.15, -0.1) is 0 Å². The number of aromatic nitrogens is 1. The minimum atomic E-state index is -3.32. The molecule has 0 spiro atoms. The number of hydrogen-bond acceptors (Lipinski definition) is 7. The molecule has 0 fully saturated rings. The van der Waals surface area contributed by atoms with Crippen molar-refractivity contribution in [3.05, 3.63) is 59.5 Å². The standard InChI is InChI=1S/C20H20N2O6S/c1-12-16(22-20(28-12)14-6-9-18(27-2)17(23)10-14)11-21-19(24)13-4-7-15(8-5-13)29(3,25)26/h4-10,23H,11H2,1-3H3,(H,21,24). The minimum Gasteiger partial charge on any atom is -0.504 e. The summed E-state index contributed by atoms with van der Waals surface area (Å²) in [5.74, 6) is 0.779. The van der Waals surface area contributed by atoms with Crippen LogP contribution >= 0.6 is 0 Å². The number of sulfone groups is 1. The van der Waals surface area contributed by atoms with Gasteiger partial charge in [0.2, 0.25) is 5.89 Å². The molecule has 1 aromatic heterocycles. The predicted octanol–water partition coefficient (Wildman–Crippen LogP) is 2.70. The molecule has 0 unspecified atom stereocenters. The first kappa shape index (κ1) is 20.4. The van der Waals surface area contributed by atoms with Crippen LogP contribution in [0.1, 0.15) is 21.8 Å². The third-order valence-corrected chi connectivity index (χ3v) is 5.41. The fraction of sp³-hybridized carbons (Fsp3) is 0.200. The van der Waals surface area contributed by atoms with Crippen molar-refractivity contribution in [2.45, 2.75) is 18.4 Å². The Balaban J connectivity index is 1.71. The summed E-state index contributed by atoms with van der Waals surface area (Å²) in [7, 11) is -1.86. The third kappa shape index (κ3) is 4.57. The van der Waals surface area contributed by atoms with Crippen LogP contribution in [0.4, 0.5) is 0 Å². The van der Waals surface area contributed by atoms with Crippen LogP contribution < -0.4 is 10.1 Å². The van der Waals surface area contributed by atoms with Crippen molar-refractivity contribution in [1.29, 1.82) is 0 Å². The quantitative estimate of drug-likeness (QED) is 0.634. The molecule has 1 amide bonds. The van der Waals surface area contributed by atoms with Crippen LogP contribution in [-0.2, 0) is 16.4 Å². The molecule has 0 aliphatic carbocycles. The lowest BCUT2D eigenvalue weighted by Gasteiger charge is -2.05. The summed E-state index contributed by atoms with van der Waals surface area (Å²) in [5.41, 5.74) is 1.44. The monoisotopic (exact) mass is 416 g/mol. The molecular weight excluding hydrogens is 396 g/mol. The number of ether oxygens (including phenoxy) is 1. The number of nitrogens with zero attached hydrogens (tertiary/aromatic N) is 1. The molecule has 3 aromatic rings. The number of nitrogens with one attached hydrogen (secondary N) is 1. The summed E-state index contributed by atoms with van der Waals surface area (Å²) in [6, 6.07) is 10.5. The molecule has 0 atom stereocenters. The summed E-state index contributed by atoms with van der Waals surface area (Å²) in [5, 5.41) is 12.6. The number of aryl methyl sites for hydroxylation is 1. The maximum Gasteiger partial charge on any atom is 0.251 e. The third-order valence-electron chi connectivity index (χ3n) is 4.28. The lowest BCUT2D eigenvalue weighted by molar-refractivity contribution is 0.0950. The van der Waals surface area contributed by atoms with E-state index >= 15 is 0 Å². The first-order valence-corrected chi connectivity index (χ1v) is 10.5. The Labute approximate surface area is 168 Å². The van der Waals surface area contributed by atoms with Crippen molar-refractivity contribution in [3.8, 4) is 23.0 Å². The van der Waals surface area contributed by atoms with Gasteiger partial charge in [-0.05, 0) is 49.4 Å². The van der Waals surface area contributed by atoms with Crippen molar-refractivity contribution < 1.29 is 27.5 Å². The number of methoxy groups -OCH3 is 1. The Morgan fingerprint density at radius 2 is 1.90 bits per heavy atom. The van der Waals surface area contributed by atoms with Gasteiger partial charge in [-0.3, -0.25) is 4.79 Å². The van der Waals surface area contributed by atoms with Gasteiger partial charge in [0.05, 0.1) is 18.6 Å². The summed E-state index contributed by atoms with van der Waals surface area (Å²) in [6.45, 7) is 1.85. The molecule has 0 radical (unpaired) electrons. The normalized spacial score (nSPS) is 11.3. The average molecular weight is 416 g/mol. The Hall–Kier alpha value is -3.33. The van der Waals surface area contributed by atoms with E-state index in [2.05, 4.69) is 10.3 Å². The van der Waals surface area contributed by atoms with Crippen LogP contribution in [0.2, 0.25) is 0 Å². The average Bonchev–Trinajstić information content (AvgIpc) is 3.06. The van der Waals surface area contributed by atoms with Gasteiger partial charge in [-0.25, -0.2) is 13.4 Å². The number of carbonyl (C=O) groups is 1. The van der Waals surface area contributed by atoms with Crippen LogP contribution in [0.5, 0.6) is 11.5 Å². The molecule has 0 saturated heterocycles. The molecule has 0 saturated carbocycles. The van der Waals surface area contributed by atoms with Gasteiger partial charge in [0, 0.05) is 17.4 Å². The van der Waals surface area contributed by atoms with Crippen LogP contribution in [-0.4, -0.2) is 37.8 Å². The summed E-state index contributed by atoms with van der Waals surface area (Å²) >= 11 is 0. The molecule has 0 bridgehead atoms. The predicted molar refractivity (Wildman–Crippen MR) is 106 cm³/mol. The van der Waals surface area contributed by atoms with E-state index in [0.29, 0.717) is 34.2 Å². The number of rotatable bonds is 6. The molecule has 9 heteroatoms. The smallest absolute Gasteiger partial charge is 0.251 e. The fourth-order valence-electron chi connectivity index (χ4n) is 2.66. The molecule has 0 aliphatic heterocycles. The topological polar surface area (TPSA) is 119 Å². The zero-order valence-electron chi connectivity index (χ0n) is 16.1. The highest BCUT2D eigenvalue weighted by atomic mass is 32.2. The lowest BCUT2D eigenvalue weighted by Crippen LogP contribution is -2.23. The van der Waals surface area contributed by atoms with Crippen molar-refractivity contribution in [2.24, 2.45) is 0 Å². The second-order valence-electron chi connectivity index (χ2n) is 6.39. The largest absolute Gasteiger partial charge is 0.504 e. The van der Waals surface area contributed by atoms with Gasteiger partial charge >= 0.3 is 0 Å². The Bertz CT molecular complexity index is 1150. The zero-order chi connectivity index (χ0) is 21.2. The summed E-state index contributed by atoms with van der Waals surface area (Å²) < 4.78 is 33.6. The molecule has 2 N–H and O–H groups in total. The van der Waals surface area contributed by atoms with Gasteiger partial charge in [0.1, 0.15) is 11.5 Å². The first-order chi connectivity index (χ1) is 13.7. The van der Waals surface area contributed by atoms with Gasteiger partial charge in [0.25, 0.3) is 5.91 Å². The van der Waals surface area contributed by atoms with E-state index in [1.54, 1.807) is 19.1 Å². The molecular formula is C20H20N2O6S. The molecule has 152 valence electrons. The van der Waals surface area contributed by atoms with Gasteiger partial charge in [-0.2, -0.15) is 0 Å².